The van der Waals surface area contributed by atoms with Gasteiger partial charge in [-0.2, -0.15) is 5.10 Å². The van der Waals surface area contributed by atoms with Crippen LogP contribution in [0.4, 0.5) is 5.82 Å². The molecule has 0 unspecified atom stereocenters. The molecule has 29 heavy (non-hydrogen) atoms. The molecule has 0 bridgehead atoms. The Bertz CT molecular complexity index is 1090. The molecule has 0 aliphatic carbocycles. The Hall–Kier alpha value is -3.12. The van der Waals surface area contributed by atoms with Crippen LogP contribution in [0.15, 0.2) is 48.5 Å². The number of carbonyl (C=O) groups excluding carboxylic acids is 2. The zero-order valence-corrected chi connectivity index (χ0v) is 17.1. The van der Waals surface area contributed by atoms with Crippen molar-refractivity contribution >= 4 is 29.2 Å². The summed E-state index contributed by atoms with van der Waals surface area (Å²) >= 11 is 5.92. The SMILES string of the molecule is Cc1ccc([C@H]2c3c(C)nn(C)c3NC(=O)[C@@H]2NC(=O)c2ccc(Cl)cc2)cc1. The van der Waals surface area contributed by atoms with Crippen LogP contribution in [0.1, 0.15) is 38.7 Å². The van der Waals surface area contributed by atoms with E-state index in [2.05, 4.69) is 15.7 Å². The van der Waals surface area contributed by atoms with E-state index in [4.69, 9.17) is 11.6 Å². The highest BCUT2D eigenvalue weighted by Gasteiger charge is 2.41. The fraction of sp³-hybridized carbons (Fsp3) is 0.227. The molecule has 0 spiro atoms. The van der Waals surface area contributed by atoms with Gasteiger partial charge in [0.25, 0.3) is 5.91 Å². The standard InChI is InChI=1S/C22H21ClN4O2/c1-12-4-6-14(7-5-12)18-17-13(2)26-27(3)20(17)25-22(29)19(18)24-21(28)15-8-10-16(23)11-9-15/h4-11,18-19H,1-3H3,(H,24,28)(H,25,29)/t18-,19+/m0/s1. The molecule has 0 fully saturated rings. The van der Waals surface area contributed by atoms with Crippen molar-refractivity contribution in [2.75, 3.05) is 5.32 Å². The maximum Gasteiger partial charge on any atom is 0.251 e. The van der Waals surface area contributed by atoms with Crippen molar-refractivity contribution in [3.63, 3.8) is 0 Å². The summed E-state index contributed by atoms with van der Waals surface area (Å²) in [7, 11) is 1.80. The Morgan fingerprint density at radius 1 is 1.10 bits per heavy atom. The Kier molecular flexibility index (Phi) is 4.88. The van der Waals surface area contributed by atoms with Crippen molar-refractivity contribution in [2.24, 2.45) is 7.05 Å². The minimum Gasteiger partial charge on any atom is -0.339 e. The molecule has 1 aliphatic heterocycles. The average Bonchev–Trinajstić information content (AvgIpc) is 2.97. The minimum atomic E-state index is -0.767. The number of carbonyl (C=O) groups is 2. The van der Waals surface area contributed by atoms with Crippen LogP contribution in [0.3, 0.4) is 0 Å². The molecule has 148 valence electrons. The van der Waals surface area contributed by atoms with E-state index in [1.54, 1.807) is 36.0 Å². The first-order chi connectivity index (χ1) is 13.8. The highest BCUT2D eigenvalue weighted by Crippen LogP contribution is 2.39. The molecule has 2 aromatic carbocycles. The molecule has 4 rings (SSSR count). The van der Waals surface area contributed by atoms with E-state index in [1.165, 1.54) is 0 Å². The van der Waals surface area contributed by atoms with Crippen molar-refractivity contribution < 1.29 is 9.59 Å². The van der Waals surface area contributed by atoms with Gasteiger partial charge in [0.15, 0.2) is 0 Å². The lowest BCUT2D eigenvalue weighted by Crippen LogP contribution is -2.50. The topological polar surface area (TPSA) is 76.0 Å². The summed E-state index contributed by atoms with van der Waals surface area (Å²) in [6.07, 6.45) is 0. The van der Waals surface area contributed by atoms with Crippen molar-refractivity contribution in [2.45, 2.75) is 25.8 Å². The van der Waals surface area contributed by atoms with Gasteiger partial charge in [-0.05, 0) is 43.7 Å². The summed E-state index contributed by atoms with van der Waals surface area (Å²) in [5.74, 6) is -0.281. The maximum absolute atomic E-state index is 13.0. The largest absolute Gasteiger partial charge is 0.339 e. The molecule has 2 N–H and O–H groups in total. The molecule has 0 radical (unpaired) electrons. The van der Waals surface area contributed by atoms with Gasteiger partial charge in [-0.3, -0.25) is 14.3 Å². The third kappa shape index (κ3) is 3.51. The summed E-state index contributed by atoms with van der Waals surface area (Å²) in [5.41, 5.74) is 4.25. The molecule has 0 saturated heterocycles. The lowest BCUT2D eigenvalue weighted by molar-refractivity contribution is -0.118. The van der Waals surface area contributed by atoms with E-state index in [1.807, 2.05) is 38.1 Å². The van der Waals surface area contributed by atoms with Crippen LogP contribution < -0.4 is 10.6 Å². The van der Waals surface area contributed by atoms with Gasteiger partial charge in [0.1, 0.15) is 11.9 Å². The summed E-state index contributed by atoms with van der Waals surface area (Å²) < 4.78 is 1.67. The van der Waals surface area contributed by atoms with Gasteiger partial charge >= 0.3 is 0 Å². The van der Waals surface area contributed by atoms with E-state index in [-0.39, 0.29) is 17.7 Å². The van der Waals surface area contributed by atoms with Gasteiger partial charge in [-0.25, -0.2) is 0 Å². The van der Waals surface area contributed by atoms with Crippen LogP contribution in [0.5, 0.6) is 0 Å². The Morgan fingerprint density at radius 2 is 1.76 bits per heavy atom. The van der Waals surface area contributed by atoms with E-state index in [9.17, 15) is 9.59 Å². The highest BCUT2D eigenvalue weighted by atomic mass is 35.5. The van der Waals surface area contributed by atoms with Crippen molar-refractivity contribution in [3.05, 3.63) is 81.5 Å². The Balaban J connectivity index is 1.77. The van der Waals surface area contributed by atoms with Crippen molar-refractivity contribution in [1.82, 2.24) is 15.1 Å². The van der Waals surface area contributed by atoms with Crippen LogP contribution in [0.2, 0.25) is 5.02 Å². The van der Waals surface area contributed by atoms with Gasteiger partial charge in [-0.15, -0.1) is 0 Å². The zero-order valence-electron chi connectivity index (χ0n) is 16.4. The number of nitrogens with one attached hydrogen (secondary N) is 2. The molecule has 1 aliphatic rings. The van der Waals surface area contributed by atoms with Crippen LogP contribution in [-0.2, 0) is 11.8 Å². The Morgan fingerprint density at radius 3 is 2.41 bits per heavy atom. The third-order valence-electron chi connectivity index (χ3n) is 5.27. The van der Waals surface area contributed by atoms with E-state index in [0.29, 0.717) is 16.4 Å². The quantitative estimate of drug-likeness (QED) is 0.695. The molecule has 2 heterocycles. The number of fused-ring (bicyclic) bond motifs is 1. The smallest absolute Gasteiger partial charge is 0.251 e. The summed E-state index contributed by atoms with van der Waals surface area (Å²) in [6.45, 7) is 3.92. The first kappa shape index (κ1) is 19.2. The van der Waals surface area contributed by atoms with Gasteiger partial charge < -0.3 is 10.6 Å². The molecule has 2 amide bonds. The predicted octanol–water partition coefficient (Wildman–Crippen LogP) is 3.57. The van der Waals surface area contributed by atoms with Crippen LogP contribution in [-0.4, -0.2) is 27.6 Å². The second-order valence-electron chi connectivity index (χ2n) is 7.31. The third-order valence-corrected chi connectivity index (χ3v) is 5.52. The second kappa shape index (κ2) is 7.37. The summed E-state index contributed by atoms with van der Waals surface area (Å²) in [4.78, 5) is 25.8. The van der Waals surface area contributed by atoms with Crippen molar-refractivity contribution in [3.8, 4) is 0 Å². The molecule has 1 aromatic heterocycles. The molecular weight excluding hydrogens is 388 g/mol. The molecule has 0 saturated carbocycles. The lowest BCUT2D eigenvalue weighted by atomic mass is 9.81. The molecule has 3 aromatic rings. The highest BCUT2D eigenvalue weighted by molar-refractivity contribution is 6.30. The maximum atomic E-state index is 13.0. The van der Waals surface area contributed by atoms with Gasteiger partial charge in [0.2, 0.25) is 5.91 Å². The number of rotatable bonds is 3. The average molecular weight is 409 g/mol. The number of anilines is 1. The summed E-state index contributed by atoms with van der Waals surface area (Å²) in [6, 6.07) is 13.8. The van der Waals surface area contributed by atoms with Crippen LogP contribution >= 0.6 is 11.6 Å². The fourth-order valence-corrected chi connectivity index (χ4v) is 3.94. The predicted molar refractivity (Wildman–Crippen MR) is 112 cm³/mol. The number of benzene rings is 2. The number of hydrogen-bond acceptors (Lipinski definition) is 3. The van der Waals surface area contributed by atoms with Gasteiger partial charge in [-0.1, -0.05) is 41.4 Å². The first-order valence-electron chi connectivity index (χ1n) is 9.32. The fourth-order valence-electron chi connectivity index (χ4n) is 3.82. The van der Waals surface area contributed by atoms with E-state index in [0.717, 1.165) is 22.4 Å². The van der Waals surface area contributed by atoms with Gasteiger partial charge in [0, 0.05) is 29.1 Å². The van der Waals surface area contributed by atoms with Crippen molar-refractivity contribution in [1.29, 1.82) is 0 Å². The number of aryl methyl sites for hydroxylation is 3. The van der Waals surface area contributed by atoms with Gasteiger partial charge in [0.05, 0.1) is 5.69 Å². The van der Waals surface area contributed by atoms with E-state index >= 15 is 0 Å². The number of aromatic nitrogens is 2. The monoisotopic (exact) mass is 408 g/mol. The zero-order chi connectivity index (χ0) is 20.7. The normalized spacial score (nSPS) is 18.1. The number of amides is 2. The number of hydrogen-bond donors (Lipinski definition) is 2. The van der Waals surface area contributed by atoms with Crippen LogP contribution in [0, 0.1) is 13.8 Å². The number of nitrogens with zero attached hydrogens (tertiary/aromatic N) is 2. The molecular formula is C22H21ClN4O2. The first-order valence-corrected chi connectivity index (χ1v) is 9.70. The minimum absolute atomic E-state index is 0.270. The number of halogens is 1. The van der Waals surface area contributed by atoms with Crippen LogP contribution in [0.25, 0.3) is 0 Å². The lowest BCUT2D eigenvalue weighted by Gasteiger charge is -2.32. The molecule has 7 heteroatoms. The van der Waals surface area contributed by atoms with E-state index < -0.39 is 6.04 Å². The Labute approximate surface area is 173 Å². The second-order valence-corrected chi connectivity index (χ2v) is 7.74. The molecule has 2 atom stereocenters. The summed E-state index contributed by atoms with van der Waals surface area (Å²) in [5, 5.41) is 10.8. The molecule has 6 nitrogen and oxygen atoms in total.